The molecule has 0 aliphatic carbocycles. The van der Waals surface area contributed by atoms with E-state index in [1.54, 1.807) is 11.3 Å². The fourth-order valence-electron chi connectivity index (χ4n) is 2.18. The normalized spacial score (nSPS) is 12.4. The van der Waals surface area contributed by atoms with Gasteiger partial charge in [0.1, 0.15) is 0 Å². The van der Waals surface area contributed by atoms with Crippen LogP contribution in [0.4, 0.5) is 5.69 Å². The Kier molecular flexibility index (Phi) is 5.57. The van der Waals surface area contributed by atoms with E-state index < -0.39 is 0 Å². The number of aromatic nitrogens is 1. The molecule has 0 radical (unpaired) electrons. The molecule has 20 heavy (non-hydrogen) atoms. The molecule has 1 unspecified atom stereocenters. The van der Waals surface area contributed by atoms with Crippen LogP contribution in [0, 0.1) is 0 Å². The molecule has 5 heteroatoms. The van der Waals surface area contributed by atoms with Crippen LogP contribution in [-0.2, 0) is 6.54 Å². The van der Waals surface area contributed by atoms with Crippen molar-refractivity contribution in [3.8, 4) is 0 Å². The molecule has 2 aromatic heterocycles. The minimum Gasteiger partial charge on any atom is -0.369 e. The molecule has 0 aromatic carbocycles. The molecule has 0 saturated heterocycles. The Hall–Kier alpha value is -0.910. The molecule has 2 aromatic rings. The number of pyridine rings is 1. The molecule has 0 fully saturated rings. The fraction of sp³-hybridized carbons (Fsp3) is 0.400. The van der Waals surface area contributed by atoms with Crippen molar-refractivity contribution in [2.45, 2.75) is 25.9 Å². The second kappa shape index (κ2) is 7.20. The van der Waals surface area contributed by atoms with Crippen LogP contribution in [0.25, 0.3) is 0 Å². The number of thiophene rings is 1. The monoisotopic (exact) mass is 353 g/mol. The summed E-state index contributed by atoms with van der Waals surface area (Å²) in [5.74, 6) is 0. The van der Waals surface area contributed by atoms with Crippen LogP contribution in [0.5, 0.6) is 0 Å². The lowest BCUT2D eigenvalue weighted by Crippen LogP contribution is -2.18. The summed E-state index contributed by atoms with van der Waals surface area (Å²) < 4.78 is 1.18. The summed E-state index contributed by atoms with van der Waals surface area (Å²) in [7, 11) is 4.07. The quantitative estimate of drug-likeness (QED) is 0.842. The van der Waals surface area contributed by atoms with Gasteiger partial charge in [-0.1, -0.05) is 6.92 Å². The number of nitrogens with one attached hydrogen (secondary N) is 1. The summed E-state index contributed by atoms with van der Waals surface area (Å²) in [6.45, 7) is 3.06. The van der Waals surface area contributed by atoms with Crippen molar-refractivity contribution >= 4 is 33.0 Å². The molecule has 2 rings (SSSR count). The largest absolute Gasteiger partial charge is 0.369 e. The van der Waals surface area contributed by atoms with Crippen LogP contribution in [0.3, 0.4) is 0 Å². The van der Waals surface area contributed by atoms with Crippen molar-refractivity contribution in [3.05, 3.63) is 44.8 Å². The lowest BCUT2D eigenvalue weighted by atomic mass is 10.1. The van der Waals surface area contributed by atoms with E-state index in [0.717, 1.165) is 24.3 Å². The SMILES string of the molecule is CCC(NC)c1ccc(N(C)Cc2csc(Br)c2)cn1. The number of anilines is 1. The molecule has 108 valence electrons. The average Bonchev–Trinajstić information content (AvgIpc) is 2.86. The zero-order valence-corrected chi connectivity index (χ0v) is 14.5. The maximum absolute atomic E-state index is 4.58. The van der Waals surface area contributed by atoms with Gasteiger partial charge in [0.05, 0.1) is 21.4 Å². The summed E-state index contributed by atoms with van der Waals surface area (Å²) >= 11 is 5.22. The highest BCUT2D eigenvalue weighted by molar-refractivity contribution is 9.11. The van der Waals surface area contributed by atoms with Crippen LogP contribution in [0.2, 0.25) is 0 Å². The van der Waals surface area contributed by atoms with Crippen LogP contribution in [0.15, 0.2) is 33.6 Å². The number of halogens is 1. The van der Waals surface area contributed by atoms with Crippen LogP contribution in [-0.4, -0.2) is 19.1 Å². The Balaban J connectivity index is 2.05. The predicted octanol–water partition coefficient (Wildman–Crippen LogP) is 4.21. The summed E-state index contributed by atoms with van der Waals surface area (Å²) in [4.78, 5) is 6.79. The van der Waals surface area contributed by atoms with E-state index in [1.165, 1.54) is 9.35 Å². The highest BCUT2D eigenvalue weighted by atomic mass is 79.9. The van der Waals surface area contributed by atoms with E-state index in [0.29, 0.717) is 6.04 Å². The summed E-state index contributed by atoms with van der Waals surface area (Å²) in [5, 5.41) is 5.46. The molecule has 0 bridgehead atoms. The minimum absolute atomic E-state index is 0.335. The molecule has 2 heterocycles. The Morgan fingerprint density at radius 3 is 2.75 bits per heavy atom. The van der Waals surface area contributed by atoms with E-state index in [1.807, 2.05) is 13.2 Å². The summed E-state index contributed by atoms with van der Waals surface area (Å²) in [5.41, 5.74) is 3.56. The third-order valence-electron chi connectivity index (χ3n) is 3.37. The van der Waals surface area contributed by atoms with Gasteiger partial charge in [0.25, 0.3) is 0 Å². The predicted molar refractivity (Wildman–Crippen MR) is 90.5 cm³/mol. The Labute approximate surface area is 133 Å². The molecule has 1 atom stereocenters. The molecule has 0 saturated carbocycles. The lowest BCUT2D eigenvalue weighted by Gasteiger charge is -2.20. The molecular weight excluding hydrogens is 334 g/mol. The van der Waals surface area contributed by atoms with Gasteiger partial charge in [-0.2, -0.15) is 0 Å². The Bertz CT molecular complexity index is 534. The van der Waals surface area contributed by atoms with E-state index in [9.17, 15) is 0 Å². The lowest BCUT2D eigenvalue weighted by molar-refractivity contribution is 0.561. The molecule has 0 aliphatic heterocycles. The number of rotatable bonds is 6. The van der Waals surface area contributed by atoms with Crippen molar-refractivity contribution in [1.82, 2.24) is 10.3 Å². The smallest absolute Gasteiger partial charge is 0.0701 e. The second-order valence-electron chi connectivity index (χ2n) is 4.81. The first kappa shape index (κ1) is 15.5. The average molecular weight is 354 g/mol. The first-order valence-electron chi connectivity index (χ1n) is 6.71. The minimum atomic E-state index is 0.335. The van der Waals surface area contributed by atoms with E-state index in [-0.39, 0.29) is 0 Å². The van der Waals surface area contributed by atoms with Gasteiger partial charge in [0.2, 0.25) is 0 Å². The van der Waals surface area contributed by atoms with Gasteiger partial charge in [-0.25, -0.2) is 0 Å². The first-order chi connectivity index (χ1) is 9.63. The molecular formula is C15H20BrN3S. The molecule has 0 aliphatic rings. The van der Waals surface area contributed by atoms with E-state index >= 15 is 0 Å². The molecule has 0 amide bonds. The van der Waals surface area contributed by atoms with Crippen molar-refractivity contribution in [3.63, 3.8) is 0 Å². The standard InChI is InChI=1S/C15H20BrN3S/c1-4-13(17-2)14-6-5-12(8-18-14)19(3)9-11-7-15(16)20-10-11/h5-8,10,13,17H,4,9H2,1-3H3. The third kappa shape index (κ3) is 3.81. The molecule has 0 spiro atoms. The van der Waals surface area contributed by atoms with Gasteiger partial charge in [-0.15, -0.1) is 11.3 Å². The molecule has 1 N–H and O–H groups in total. The maximum atomic E-state index is 4.58. The van der Waals surface area contributed by atoms with Crippen molar-refractivity contribution in [2.75, 3.05) is 19.0 Å². The van der Waals surface area contributed by atoms with Gasteiger partial charge in [-0.05, 0) is 58.5 Å². The van der Waals surface area contributed by atoms with E-state index in [4.69, 9.17) is 0 Å². The van der Waals surface area contributed by atoms with Gasteiger partial charge < -0.3 is 10.2 Å². The number of nitrogens with zero attached hydrogens (tertiary/aromatic N) is 2. The zero-order valence-electron chi connectivity index (χ0n) is 12.1. The Morgan fingerprint density at radius 1 is 1.45 bits per heavy atom. The fourth-order valence-corrected chi connectivity index (χ4v) is 3.38. The van der Waals surface area contributed by atoms with Crippen molar-refractivity contribution < 1.29 is 0 Å². The topological polar surface area (TPSA) is 28.2 Å². The maximum Gasteiger partial charge on any atom is 0.0701 e. The molecule has 3 nitrogen and oxygen atoms in total. The summed E-state index contributed by atoms with van der Waals surface area (Å²) in [6.07, 6.45) is 3.00. The van der Waals surface area contributed by atoms with Crippen molar-refractivity contribution in [2.24, 2.45) is 0 Å². The van der Waals surface area contributed by atoms with Gasteiger partial charge in [0.15, 0.2) is 0 Å². The van der Waals surface area contributed by atoms with E-state index in [2.05, 4.69) is 68.7 Å². The highest BCUT2D eigenvalue weighted by Crippen LogP contribution is 2.23. The van der Waals surface area contributed by atoms with Crippen LogP contribution >= 0.6 is 27.3 Å². The highest BCUT2D eigenvalue weighted by Gasteiger charge is 2.09. The van der Waals surface area contributed by atoms with Gasteiger partial charge in [0, 0.05) is 19.6 Å². The zero-order chi connectivity index (χ0) is 14.5. The van der Waals surface area contributed by atoms with Gasteiger partial charge >= 0.3 is 0 Å². The Morgan fingerprint density at radius 2 is 2.25 bits per heavy atom. The van der Waals surface area contributed by atoms with Crippen molar-refractivity contribution in [1.29, 1.82) is 0 Å². The second-order valence-corrected chi connectivity index (χ2v) is 7.10. The summed E-state index contributed by atoms with van der Waals surface area (Å²) in [6, 6.07) is 6.75. The first-order valence-corrected chi connectivity index (χ1v) is 8.38. The number of hydrogen-bond donors (Lipinski definition) is 1. The number of hydrogen-bond acceptors (Lipinski definition) is 4. The third-order valence-corrected chi connectivity index (χ3v) is 4.92. The van der Waals surface area contributed by atoms with Crippen LogP contribution < -0.4 is 10.2 Å². The van der Waals surface area contributed by atoms with Gasteiger partial charge in [-0.3, -0.25) is 4.98 Å². The van der Waals surface area contributed by atoms with Crippen LogP contribution in [0.1, 0.15) is 30.6 Å².